The van der Waals surface area contributed by atoms with Crippen molar-refractivity contribution in [3.05, 3.63) is 71.4 Å². The molecule has 0 radical (unpaired) electrons. The van der Waals surface area contributed by atoms with Crippen LogP contribution in [-0.4, -0.2) is 36.3 Å². The molecule has 1 unspecified atom stereocenters. The molecular weight excluding hydrogens is 512 g/mol. The van der Waals surface area contributed by atoms with Gasteiger partial charge in [0.15, 0.2) is 15.7 Å². The Bertz CT molecular complexity index is 1350. The summed E-state index contributed by atoms with van der Waals surface area (Å²) in [7, 11) is -3.47. The molecule has 196 valence electrons. The van der Waals surface area contributed by atoms with Crippen LogP contribution in [0, 0.1) is 5.92 Å². The lowest BCUT2D eigenvalue weighted by Crippen LogP contribution is -2.23. The summed E-state index contributed by atoms with van der Waals surface area (Å²) >= 11 is 6.30. The first-order chi connectivity index (χ1) is 17.7. The normalized spacial score (nSPS) is 14.9. The van der Waals surface area contributed by atoms with E-state index in [-0.39, 0.29) is 28.2 Å². The highest BCUT2D eigenvalue weighted by molar-refractivity contribution is 7.90. The van der Waals surface area contributed by atoms with Crippen LogP contribution in [0.2, 0.25) is 5.02 Å². The van der Waals surface area contributed by atoms with Crippen LogP contribution in [0.25, 0.3) is 0 Å². The summed E-state index contributed by atoms with van der Waals surface area (Å²) in [5.41, 5.74) is 1.41. The second-order valence-corrected chi connectivity index (χ2v) is 11.9. The third-order valence-corrected chi connectivity index (χ3v) is 8.22. The van der Waals surface area contributed by atoms with Gasteiger partial charge in [-0.3, -0.25) is 14.3 Å². The van der Waals surface area contributed by atoms with Crippen LogP contribution in [0.15, 0.2) is 65.7 Å². The standard InChI is InChI=1S/C27H31ClN4O4S/c1-37(35,36)24-12-11-20(18-23(24)28)22(17-19-7-5-6-8-19)27(34)30-25-13-15-32(31-25)16-14-26(33)29-21-9-3-2-4-10-21/h2-4,9-13,15,18-19,22H,5-8,14,16-17H2,1H3,(H,29,33)(H,30,31,34). The Kier molecular flexibility index (Phi) is 8.66. The van der Waals surface area contributed by atoms with Crippen molar-refractivity contribution in [3.8, 4) is 0 Å². The highest BCUT2D eigenvalue weighted by Crippen LogP contribution is 2.36. The van der Waals surface area contributed by atoms with Crippen molar-refractivity contribution in [3.63, 3.8) is 0 Å². The number of sulfone groups is 1. The van der Waals surface area contributed by atoms with E-state index >= 15 is 0 Å². The molecule has 1 fully saturated rings. The Morgan fingerprint density at radius 1 is 1.08 bits per heavy atom. The quantitative estimate of drug-likeness (QED) is 0.362. The van der Waals surface area contributed by atoms with Crippen LogP contribution >= 0.6 is 11.6 Å². The second kappa shape index (κ2) is 11.9. The van der Waals surface area contributed by atoms with E-state index in [9.17, 15) is 18.0 Å². The van der Waals surface area contributed by atoms with Gasteiger partial charge in [-0.2, -0.15) is 5.10 Å². The zero-order valence-electron chi connectivity index (χ0n) is 20.7. The topological polar surface area (TPSA) is 110 Å². The number of aryl methyl sites for hydroxylation is 1. The van der Waals surface area contributed by atoms with Crippen molar-refractivity contribution in [1.82, 2.24) is 9.78 Å². The van der Waals surface area contributed by atoms with Crippen molar-refractivity contribution in [2.45, 2.75) is 55.9 Å². The maximum atomic E-state index is 13.4. The molecule has 3 aromatic rings. The molecular formula is C27H31ClN4O4S. The van der Waals surface area contributed by atoms with Gasteiger partial charge in [0.25, 0.3) is 0 Å². The van der Waals surface area contributed by atoms with Gasteiger partial charge in [0.1, 0.15) is 0 Å². The fourth-order valence-electron chi connectivity index (χ4n) is 4.74. The van der Waals surface area contributed by atoms with Crippen LogP contribution in [-0.2, 0) is 26.0 Å². The number of anilines is 2. The van der Waals surface area contributed by atoms with E-state index in [0.717, 1.165) is 37.6 Å². The lowest BCUT2D eigenvalue weighted by Gasteiger charge is -2.21. The van der Waals surface area contributed by atoms with Crippen LogP contribution < -0.4 is 10.6 Å². The van der Waals surface area contributed by atoms with Gasteiger partial charge in [-0.15, -0.1) is 0 Å². The van der Waals surface area contributed by atoms with Gasteiger partial charge in [-0.05, 0) is 42.2 Å². The number of carbonyl (C=O) groups excluding carboxylic acids is 2. The zero-order chi connectivity index (χ0) is 26.4. The van der Waals surface area contributed by atoms with Gasteiger partial charge < -0.3 is 10.6 Å². The molecule has 1 aromatic heterocycles. The first-order valence-corrected chi connectivity index (χ1v) is 14.6. The summed E-state index contributed by atoms with van der Waals surface area (Å²) in [6, 6.07) is 15.7. The third-order valence-electron chi connectivity index (χ3n) is 6.64. The molecule has 2 N–H and O–H groups in total. The van der Waals surface area contributed by atoms with Gasteiger partial charge in [-0.25, -0.2) is 8.42 Å². The van der Waals surface area contributed by atoms with Crippen LogP contribution in [0.3, 0.4) is 0 Å². The van der Waals surface area contributed by atoms with E-state index in [1.54, 1.807) is 29.1 Å². The van der Waals surface area contributed by atoms with E-state index in [1.165, 1.54) is 6.07 Å². The van der Waals surface area contributed by atoms with E-state index < -0.39 is 15.8 Å². The summed E-state index contributed by atoms with van der Waals surface area (Å²) < 4.78 is 25.6. The number of nitrogens with one attached hydrogen (secondary N) is 2. The predicted molar refractivity (Wildman–Crippen MR) is 144 cm³/mol. The fraction of sp³-hybridized carbons (Fsp3) is 0.370. The number of benzene rings is 2. The van der Waals surface area contributed by atoms with Gasteiger partial charge >= 0.3 is 0 Å². The van der Waals surface area contributed by atoms with E-state index in [2.05, 4.69) is 15.7 Å². The van der Waals surface area contributed by atoms with Crippen molar-refractivity contribution in [1.29, 1.82) is 0 Å². The Hall–Kier alpha value is -3.17. The zero-order valence-corrected chi connectivity index (χ0v) is 22.3. The molecule has 1 aliphatic carbocycles. The Morgan fingerprint density at radius 3 is 2.49 bits per heavy atom. The molecule has 1 atom stereocenters. The van der Waals surface area contributed by atoms with Crippen molar-refractivity contribution < 1.29 is 18.0 Å². The molecule has 37 heavy (non-hydrogen) atoms. The number of hydrogen-bond donors (Lipinski definition) is 2. The first-order valence-electron chi connectivity index (χ1n) is 12.4. The number of aromatic nitrogens is 2. The lowest BCUT2D eigenvalue weighted by molar-refractivity contribution is -0.118. The molecule has 2 amide bonds. The number of carbonyl (C=O) groups is 2. The summed E-state index contributed by atoms with van der Waals surface area (Å²) in [4.78, 5) is 25.7. The Labute approximate surface area is 222 Å². The van der Waals surface area contributed by atoms with Crippen LogP contribution in [0.1, 0.15) is 50.0 Å². The number of hydrogen-bond acceptors (Lipinski definition) is 5. The summed E-state index contributed by atoms with van der Waals surface area (Å²) in [6.45, 7) is 0.364. The molecule has 1 saturated carbocycles. The van der Waals surface area contributed by atoms with E-state index in [0.29, 0.717) is 30.3 Å². The first kappa shape index (κ1) is 26.9. The SMILES string of the molecule is CS(=O)(=O)c1ccc(C(CC2CCCC2)C(=O)Nc2ccn(CCC(=O)Nc3ccccc3)n2)cc1Cl. The molecule has 0 bridgehead atoms. The molecule has 8 nitrogen and oxygen atoms in total. The van der Waals surface area contributed by atoms with E-state index in [1.807, 2.05) is 30.3 Å². The van der Waals surface area contributed by atoms with Gasteiger partial charge in [0.05, 0.1) is 15.8 Å². The van der Waals surface area contributed by atoms with Gasteiger partial charge in [0.2, 0.25) is 11.8 Å². The highest BCUT2D eigenvalue weighted by Gasteiger charge is 2.28. The summed E-state index contributed by atoms with van der Waals surface area (Å²) in [6.07, 6.45) is 8.15. The van der Waals surface area contributed by atoms with Gasteiger partial charge in [-0.1, -0.05) is 61.5 Å². The number of nitrogens with zero attached hydrogens (tertiary/aromatic N) is 2. The maximum Gasteiger partial charge on any atom is 0.233 e. The average molecular weight is 543 g/mol. The average Bonchev–Trinajstić information content (AvgIpc) is 3.53. The number of halogens is 1. The maximum absolute atomic E-state index is 13.4. The predicted octanol–water partition coefficient (Wildman–Crippen LogP) is 5.27. The van der Waals surface area contributed by atoms with Crippen LogP contribution in [0.5, 0.6) is 0 Å². The molecule has 1 aliphatic rings. The minimum Gasteiger partial charge on any atom is -0.326 e. The molecule has 10 heteroatoms. The number of amides is 2. The lowest BCUT2D eigenvalue weighted by atomic mass is 9.87. The molecule has 1 heterocycles. The molecule has 4 rings (SSSR count). The second-order valence-electron chi connectivity index (χ2n) is 9.52. The highest BCUT2D eigenvalue weighted by atomic mass is 35.5. The van der Waals surface area contributed by atoms with Crippen molar-refractivity contribution in [2.75, 3.05) is 16.9 Å². The minimum absolute atomic E-state index is 0.0491. The summed E-state index contributed by atoms with van der Waals surface area (Å²) in [5.74, 6) is -0.0231. The third kappa shape index (κ3) is 7.42. The van der Waals surface area contributed by atoms with Gasteiger partial charge in [0, 0.05) is 37.2 Å². The number of para-hydroxylation sites is 1. The molecule has 2 aromatic carbocycles. The van der Waals surface area contributed by atoms with Crippen LogP contribution in [0.4, 0.5) is 11.5 Å². The Morgan fingerprint density at radius 2 is 1.81 bits per heavy atom. The smallest absolute Gasteiger partial charge is 0.233 e. The largest absolute Gasteiger partial charge is 0.326 e. The van der Waals surface area contributed by atoms with Crippen molar-refractivity contribution in [2.24, 2.45) is 5.92 Å². The molecule has 0 saturated heterocycles. The molecule has 0 spiro atoms. The monoisotopic (exact) mass is 542 g/mol. The van der Waals surface area contributed by atoms with Crippen molar-refractivity contribution >= 4 is 44.8 Å². The molecule has 0 aliphatic heterocycles. The summed E-state index contributed by atoms with van der Waals surface area (Å²) in [5, 5.41) is 10.2. The van der Waals surface area contributed by atoms with E-state index in [4.69, 9.17) is 11.6 Å². The minimum atomic E-state index is -3.47. The Balaban J connectivity index is 1.42. The number of rotatable bonds is 10. The fourth-order valence-corrected chi connectivity index (χ4v) is 6.07.